The van der Waals surface area contributed by atoms with Crippen molar-refractivity contribution in [2.75, 3.05) is 33.4 Å². The van der Waals surface area contributed by atoms with Gasteiger partial charge in [-0.25, -0.2) is 8.78 Å². The molecule has 1 N–H and O–H groups in total. The average molecular weight is 524 g/mol. The second-order valence-electron chi connectivity index (χ2n) is 9.99. The molecule has 0 unspecified atom stereocenters. The number of nitrogens with zero attached hydrogens (tertiary/aromatic N) is 1. The number of piperidine rings is 1. The highest BCUT2D eigenvalue weighted by atomic mass is 19.1. The standard InChI is InChI=1S/C31H35F2NO4/c1-22(35)24-4-13-29(30(20-24)37-2)38-19-3-16-34-17-14-23(15-18-34)21-31(36,25-5-9-27(32)10-6-25)26-7-11-28(33)12-8-26/h4-13,20,23,36H,3,14-19,21H2,1-2H3. The van der Waals surface area contributed by atoms with Gasteiger partial charge in [0.1, 0.15) is 17.2 Å². The first-order chi connectivity index (χ1) is 18.3. The van der Waals surface area contributed by atoms with E-state index in [0.717, 1.165) is 38.9 Å². The lowest BCUT2D eigenvalue weighted by Crippen LogP contribution is -2.38. The van der Waals surface area contributed by atoms with E-state index in [1.807, 2.05) is 0 Å². The van der Waals surface area contributed by atoms with Crippen molar-refractivity contribution in [1.29, 1.82) is 0 Å². The van der Waals surface area contributed by atoms with Gasteiger partial charge in [0.2, 0.25) is 0 Å². The molecule has 0 bridgehead atoms. The lowest BCUT2D eigenvalue weighted by molar-refractivity contribution is 0.0364. The fraction of sp³-hybridized carbons (Fsp3) is 0.387. The fourth-order valence-corrected chi connectivity index (χ4v) is 5.16. The molecular weight excluding hydrogens is 488 g/mol. The summed E-state index contributed by atoms with van der Waals surface area (Å²) in [6, 6.07) is 17.0. The van der Waals surface area contributed by atoms with Gasteiger partial charge in [-0.3, -0.25) is 4.79 Å². The summed E-state index contributed by atoms with van der Waals surface area (Å²) >= 11 is 0. The highest BCUT2D eigenvalue weighted by molar-refractivity contribution is 5.94. The predicted octanol–water partition coefficient (Wildman–Crippen LogP) is 5.98. The van der Waals surface area contributed by atoms with Gasteiger partial charge in [0.05, 0.1) is 13.7 Å². The molecule has 0 radical (unpaired) electrons. The molecule has 0 aliphatic carbocycles. The van der Waals surface area contributed by atoms with Gasteiger partial charge in [-0.05, 0) is 105 Å². The Morgan fingerprint density at radius 3 is 2.05 bits per heavy atom. The minimum absolute atomic E-state index is 0.0213. The lowest BCUT2D eigenvalue weighted by atomic mass is 9.76. The summed E-state index contributed by atoms with van der Waals surface area (Å²) in [6.45, 7) is 4.75. The molecule has 0 spiro atoms. The van der Waals surface area contributed by atoms with Crippen molar-refractivity contribution in [3.8, 4) is 11.5 Å². The van der Waals surface area contributed by atoms with E-state index in [2.05, 4.69) is 4.90 Å². The number of ether oxygens (including phenoxy) is 2. The summed E-state index contributed by atoms with van der Waals surface area (Å²) in [7, 11) is 1.56. The number of rotatable bonds is 11. The monoisotopic (exact) mass is 523 g/mol. The number of ketones is 1. The zero-order chi connectivity index (χ0) is 27.1. The number of methoxy groups -OCH3 is 1. The Bertz CT molecular complexity index is 1160. The molecule has 0 saturated carbocycles. The highest BCUT2D eigenvalue weighted by Gasteiger charge is 2.35. The van der Waals surface area contributed by atoms with Crippen LogP contribution in [0.25, 0.3) is 0 Å². The van der Waals surface area contributed by atoms with E-state index in [4.69, 9.17) is 9.47 Å². The molecule has 38 heavy (non-hydrogen) atoms. The Morgan fingerprint density at radius 1 is 0.947 bits per heavy atom. The van der Waals surface area contributed by atoms with Crippen LogP contribution >= 0.6 is 0 Å². The third-order valence-corrected chi connectivity index (χ3v) is 7.38. The molecular formula is C31H35F2NO4. The summed E-state index contributed by atoms with van der Waals surface area (Å²) in [5.74, 6) is 0.696. The Balaban J connectivity index is 1.30. The molecule has 0 atom stereocenters. The number of halogens is 2. The predicted molar refractivity (Wildman–Crippen MR) is 143 cm³/mol. The van der Waals surface area contributed by atoms with Gasteiger partial charge in [0.25, 0.3) is 0 Å². The number of Topliss-reactive ketones (excluding diaryl/α,β-unsaturated/α-hetero) is 1. The third-order valence-electron chi connectivity index (χ3n) is 7.38. The van der Waals surface area contributed by atoms with Gasteiger partial charge >= 0.3 is 0 Å². The Labute approximate surface area is 223 Å². The van der Waals surface area contributed by atoms with Crippen molar-refractivity contribution >= 4 is 5.78 Å². The van der Waals surface area contributed by atoms with E-state index in [9.17, 15) is 18.7 Å². The quantitative estimate of drug-likeness (QED) is 0.247. The Morgan fingerprint density at radius 2 is 1.53 bits per heavy atom. The topological polar surface area (TPSA) is 59.0 Å². The highest BCUT2D eigenvalue weighted by Crippen LogP contribution is 2.39. The molecule has 0 aromatic heterocycles. The van der Waals surface area contributed by atoms with E-state index in [1.54, 1.807) is 49.6 Å². The molecule has 1 aliphatic heterocycles. The SMILES string of the molecule is COc1cc(C(C)=O)ccc1OCCCN1CCC(CC(O)(c2ccc(F)cc2)c2ccc(F)cc2)CC1. The number of aliphatic hydroxyl groups is 1. The fourth-order valence-electron chi connectivity index (χ4n) is 5.16. The second-order valence-corrected chi connectivity index (χ2v) is 9.99. The molecule has 3 aromatic carbocycles. The van der Waals surface area contributed by atoms with Crippen LogP contribution in [-0.2, 0) is 5.60 Å². The molecule has 7 heteroatoms. The van der Waals surface area contributed by atoms with E-state index in [0.29, 0.717) is 41.2 Å². The number of carbonyl (C=O) groups is 1. The number of carbonyl (C=O) groups excluding carboxylic acids is 1. The van der Waals surface area contributed by atoms with E-state index in [1.165, 1.54) is 31.2 Å². The van der Waals surface area contributed by atoms with Gasteiger partial charge in [-0.15, -0.1) is 0 Å². The minimum atomic E-state index is -1.32. The third kappa shape index (κ3) is 6.77. The first-order valence-corrected chi connectivity index (χ1v) is 13.1. The van der Waals surface area contributed by atoms with Crippen LogP contribution in [0.15, 0.2) is 66.7 Å². The number of benzene rings is 3. The molecule has 202 valence electrons. The second kappa shape index (κ2) is 12.5. The maximum Gasteiger partial charge on any atom is 0.161 e. The van der Waals surface area contributed by atoms with Gasteiger partial charge in [-0.1, -0.05) is 24.3 Å². The molecule has 1 saturated heterocycles. The van der Waals surface area contributed by atoms with Crippen molar-refractivity contribution in [2.24, 2.45) is 5.92 Å². The van der Waals surface area contributed by atoms with Crippen molar-refractivity contribution in [3.05, 3.63) is 95.1 Å². The molecule has 4 rings (SSSR count). The molecule has 1 fully saturated rings. The first-order valence-electron chi connectivity index (χ1n) is 13.1. The lowest BCUT2D eigenvalue weighted by Gasteiger charge is -2.37. The number of likely N-dealkylation sites (tertiary alicyclic amines) is 1. The summed E-state index contributed by atoms with van der Waals surface area (Å²) in [5.41, 5.74) is 0.482. The molecule has 5 nitrogen and oxygen atoms in total. The smallest absolute Gasteiger partial charge is 0.161 e. The molecule has 3 aromatic rings. The average Bonchev–Trinajstić information content (AvgIpc) is 2.92. The van der Waals surface area contributed by atoms with Gasteiger partial charge in [0.15, 0.2) is 17.3 Å². The summed E-state index contributed by atoms with van der Waals surface area (Å²) < 4.78 is 38.4. The molecule has 1 heterocycles. The van der Waals surface area contributed by atoms with E-state index < -0.39 is 5.60 Å². The van der Waals surface area contributed by atoms with Crippen LogP contribution in [0.1, 0.15) is 54.1 Å². The maximum absolute atomic E-state index is 13.6. The van der Waals surface area contributed by atoms with Crippen molar-refractivity contribution in [2.45, 2.75) is 38.2 Å². The zero-order valence-electron chi connectivity index (χ0n) is 22.0. The summed E-state index contributed by atoms with van der Waals surface area (Å²) in [6.07, 6.45) is 3.17. The van der Waals surface area contributed by atoms with Gasteiger partial charge in [-0.2, -0.15) is 0 Å². The van der Waals surface area contributed by atoms with Crippen LogP contribution in [-0.4, -0.2) is 49.1 Å². The summed E-state index contributed by atoms with van der Waals surface area (Å²) in [4.78, 5) is 14.0. The Hall–Kier alpha value is -3.29. The number of hydrogen-bond donors (Lipinski definition) is 1. The number of hydrogen-bond acceptors (Lipinski definition) is 5. The largest absolute Gasteiger partial charge is 0.493 e. The van der Waals surface area contributed by atoms with Crippen LogP contribution in [0.4, 0.5) is 8.78 Å². The van der Waals surface area contributed by atoms with Gasteiger partial charge in [0, 0.05) is 12.1 Å². The van der Waals surface area contributed by atoms with Crippen molar-refractivity contribution < 1.29 is 28.2 Å². The van der Waals surface area contributed by atoms with Crippen LogP contribution in [0, 0.1) is 17.6 Å². The van der Waals surface area contributed by atoms with E-state index in [-0.39, 0.29) is 23.3 Å². The minimum Gasteiger partial charge on any atom is -0.493 e. The van der Waals surface area contributed by atoms with Crippen LogP contribution in [0.3, 0.4) is 0 Å². The van der Waals surface area contributed by atoms with Gasteiger partial charge < -0.3 is 19.5 Å². The maximum atomic E-state index is 13.6. The van der Waals surface area contributed by atoms with Crippen molar-refractivity contribution in [3.63, 3.8) is 0 Å². The molecule has 1 aliphatic rings. The zero-order valence-corrected chi connectivity index (χ0v) is 22.0. The van der Waals surface area contributed by atoms with Crippen LogP contribution in [0.2, 0.25) is 0 Å². The normalized spacial score (nSPS) is 14.9. The van der Waals surface area contributed by atoms with E-state index >= 15 is 0 Å². The first kappa shape index (κ1) is 27.7. The molecule has 0 amide bonds. The van der Waals surface area contributed by atoms with Crippen LogP contribution in [0.5, 0.6) is 11.5 Å². The van der Waals surface area contributed by atoms with Crippen molar-refractivity contribution in [1.82, 2.24) is 4.90 Å². The Kier molecular flexibility index (Phi) is 9.13. The summed E-state index contributed by atoms with van der Waals surface area (Å²) in [5, 5.41) is 11.8. The van der Waals surface area contributed by atoms with Crippen LogP contribution < -0.4 is 9.47 Å².